The topological polar surface area (TPSA) is 72.8 Å². The van der Waals surface area contributed by atoms with E-state index >= 15 is 0 Å². The summed E-state index contributed by atoms with van der Waals surface area (Å²) in [6.45, 7) is 3.13. The number of hydrogen-bond donors (Lipinski definition) is 1. The minimum atomic E-state index is -3.30. The summed E-state index contributed by atoms with van der Waals surface area (Å²) in [5.74, 6) is -0.537. The van der Waals surface area contributed by atoms with E-state index in [1.54, 1.807) is 13.8 Å². The van der Waals surface area contributed by atoms with E-state index in [0.717, 1.165) is 0 Å². The Hall–Kier alpha value is -0.220. The fourth-order valence-electron chi connectivity index (χ4n) is 0.788. The molecule has 0 aromatic carbocycles. The summed E-state index contributed by atoms with van der Waals surface area (Å²) in [5, 5.41) is 8.45. The largest absolute Gasteiger partial charge is 0.389 e. The van der Waals surface area contributed by atoms with Crippen molar-refractivity contribution in [2.24, 2.45) is 0 Å². The molecule has 0 saturated heterocycles. The summed E-state index contributed by atoms with van der Waals surface area (Å²) < 4.78 is 21.3. The van der Waals surface area contributed by atoms with Crippen LogP contribution in [0.5, 0.6) is 0 Å². The summed E-state index contributed by atoms with van der Waals surface area (Å²) in [6.07, 6.45) is -0.356. The van der Waals surface area contributed by atoms with E-state index in [1.165, 1.54) is 0 Å². The Morgan fingerprint density at radius 2 is 1.77 bits per heavy atom. The second kappa shape index (κ2) is 6.27. The Balaban J connectivity index is 4.23. The molecule has 13 heavy (non-hydrogen) atoms. The predicted molar refractivity (Wildman–Crippen MR) is 47.8 cm³/mol. The maximum Gasteiger partial charge on any atom is 0.338 e. The lowest BCUT2D eigenvalue weighted by Gasteiger charge is -2.15. The molecule has 0 aromatic rings. The third kappa shape index (κ3) is 5.16. The average molecular weight is 210 g/mol. The SMILES string of the molecule is CCOP(=O)(CC(=O)CO)OCC. The molecule has 6 heteroatoms. The smallest absolute Gasteiger partial charge is 0.338 e. The first-order valence-electron chi connectivity index (χ1n) is 4.08. The molecular formula is C7H15O5P. The van der Waals surface area contributed by atoms with Gasteiger partial charge in [-0.05, 0) is 13.8 Å². The van der Waals surface area contributed by atoms with Gasteiger partial charge in [0.1, 0.15) is 12.8 Å². The van der Waals surface area contributed by atoms with E-state index in [1.807, 2.05) is 0 Å². The first kappa shape index (κ1) is 12.8. The van der Waals surface area contributed by atoms with Gasteiger partial charge in [-0.15, -0.1) is 0 Å². The maximum absolute atomic E-state index is 11.6. The van der Waals surface area contributed by atoms with Gasteiger partial charge >= 0.3 is 7.60 Å². The normalized spacial score (nSPS) is 11.6. The average Bonchev–Trinajstić information content (AvgIpc) is 2.04. The molecule has 0 fully saturated rings. The Bertz CT molecular complexity index is 193. The first-order valence-corrected chi connectivity index (χ1v) is 5.81. The van der Waals surface area contributed by atoms with Crippen molar-refractivity contribution in [1.82, 2.24) is 0 Å². The van der Waals surface area contributed by atoms with Crippen LogP contribution < -0.4 is 0 Å². The van der Waals surface area contributed by atoms with E-state index < -0.39 is 20.0 Å². The number of ketones is 1. The van der Waals surface area contributed by atoms with E-state index in [-0.39, 0.29) is 19.4 Å². The molecule has 0 aliphatic rings. The Morgan fingerprint density at radius 3 is 2.08 bits per heavy atom. The number of carbonyl (C=O) groups is 1. The van der Waals surface area contributed by atoms with Gasteiger partial charge in [0.2, 0.25) is 0 Å². The van der Waals surface area contributed by atoms with Crippen molar-refractivity contribution in [1.29, 1.82) is 0 Å². The van der Waals surface area contributed by atoms with Gasteiger partial charge in [0.15, 0.2) is 5.78 Å². The van der Waals surface area contributed by atoms with Crippen LogP contribution >= 0.6 is 7.60 Å². The van der Waals surface area contributed by atoms with Crippen molar-refractivity contribution < 1.29 is 23.5 Å². The lowest BCUT2D eigenvalue weighted by atomic mass is 10.5. The summed E-state index contributed by atoms with van der Waals surface area (Å²) in [6, 6.07) is 0. The van der Waals surface area contributed by atoms with Gasteiger partial charge in [0.25, 0.3) is 0 Å². The van der Waals surface area contributed by atoms with Crippen molar-refractivity contribution in [3.8, 4) is 0 Å². The molecule has 0 heterocycles. The van der Waals surface area contributed by atoms with Crippen LogP contribution in [0.3, 0.4) is 0 Å². The van der Waals surface area contributed by atoms with Gasteiger partial charge in [0.05, 0.1) is 13.2 Å². The number of aliphatic hydroxyl groups is 1. The molecule has 0 bridgehead atoms. The lowest BCUT2D eigenvalue weighted by Crippen LogP contribution is -2.13. The van der Waals surface area contributed by atoms with Gasteiger partial charge in [-0.25, -0.2) is 0 Å². The van der Waals surface area contributed by atoms with Gasteiger partial charge in [-0.1, -0.05) is 0 Å². The highest BCUT2D eigenvalue weighted by molar-refractivity contribution is 7.54. The van der Waals surface area contributed by atoms with Gasteiger partial charge < -0.3 is 14.2 Å². The Kier molecular flexibility index (Phi) is 6.16. The van der Waals surface area contributed by atoms with E-state index in [2.05, 4.69) is 0 Å². The number of Topliss-reactive ketones (excluding diaryl/α,β-unsaturated/α-hetero) is 1. The molecule has 0 atom stereocenters. The van der Waals surface area contributed by atoms with Crippen molar-refractivity contribution in [2.75, 3.05) is 26.0 Å². The monoisotopic (exact) mass is 210 g/mol. The highest BCUT2D eigenvalue weighted by Gasteiger charge is 2.26. The zero-order valence-corrected chi connectivity index (χ0v) is 8.75. The Morgan fingerprint density at radius 1 is 1.31 bits per heavy atom. The molecule has 0 saturated carbocycles. The summed E-state index contributed by atoms with van der Waals surface area (Å²) >= 11 is 0. The second-order valence-corrected chi connectivity index (χ2v) is 4.36. The molecule has 0 amide bonds. The van der Waals surface area contributed by atoms with Crippen LogP contribution in [0.4, 0.5) is 0 Å². The van der Waals surface area contributed by atoms with Gasteiger partial charge in [-0.2, -0.15) is 0 Å². The van der Waals surface area contributed by atoms with Crippen LogP contribution in [0.1, 0.15) is 13.8 Å². The molecule has 0 spiro atoms. The molecule has 5 nitrogen and oxygen atoms in total. The zero-order valence-electron chi connectivity index (χ0n) is 7.86. The van der Waals surface area contributed by atoms with E-state index in [4.69, 9.17) is 14.2 Å². The highest BCUT2D eigenvalue weighted by atomic mass is 31.2. The van der Waals surface area contributed by atoms with Crippen molar-refractivity contribution in [3.05, 3.63) is 0 Å². The molecule has 0 aliphatic carbocycles. The maximum atomic E-state index is 11.6. The van der Waals surface area contributed by atoms with Crippen molar-refractivity contribution >= 4 is 13.4 Å². The van der Waals surface area contributed by atoms with Crippen LogP contribution in [0.25, 0.3) is 0 Å². The summed E-state index contributed by atoms with van der Waals surface area (Å²) in [4.78, 5) is 10.8. The van der Waals surface area contributed by atoms with Crippen LogP contribution in [0.2, 0.25) is 0 Å². The zero-order chi connectivity index (χ0) is 10.3. The third-order valence-corrected chi connectivity index (χ3v) is 3.24. The fourth-order valence-corrected chi connectivity index (χ4v) is 2.36. The van der Waals surface area contributed by atoms with Gasteiger partial charge in [0, 0.05) is 0 Å². The lowest BCUT2D eigenvalue weighted by molar-refractivity contribution is -0.119. The minimum Gasteiger partial charge on any atom is -0.389 e. The molecular weight excluding hydrogens is 195 g/mol. The molecule has 0 unspecified atom stereocenters. The van der Waals surface area contributed by atoms with E-state index in [0.29, 0.717) is 0 Å². The summed E-state index contributed by atoms with van der Waals surface area (Å²) in [7, 11) is -3.30. The molecule has 0 radical (unpaired) electrons. The predicted octanol–water partition coefficient (Wildman–Crippen LogP) is 0.814. The third-order valence-electron chi connectivity index (χ3n) is 1.20. The highest BCUT2D eigenvalue weighted by Crippen LogP contribution is 2.47. The second-order valence-electron chi connectivity index (χ2n) is 2.30. The van der Waals surface area contributed by atoms with Crippen LogP contribution in [0.15, 0.2) is 0 Å². The molecule has 1 N–H and O–H groups in total. The minimum absolute atomic E-state index is 0.218. The first-order chi connectivity index (χ1) is 6.08. The molecule has 78 valence electrons. The number of carbonyl (C=O) groups excluding carboxylic acids is 1. The fraction of sp³-hybridized carbons (Fsp3) is 0.857. The standard InChI is InChI=1S/C7H15O5P/c1-3-11-13(10,12-4-2)6-7(9)5-8/h8H,3-6H2,1-2H3. The van der Waals surface area contributed by atoms with Crippen LogP contribution in [-0.2, 0) is 18.4 Å². The van der Waals surface area contributed by atoms with E-state index in [9.17, 15) is 9.36 Å². The quantitative estimate of drug-likeness (QED) is 0.629. The summed E-state index contributed by atoms with van der Waals surface area (Å²) in [5.41, 5.74) is 0. The van der Waals surface area contributed by atoms with Gasteiger partial charge in [-0.3, -0.25) is 9.36 Å². The number of rotatable bonds is 7. The number of aliphatic hydroxyl groups excluding tert-OH is 1. The Labute approximate surface area is 77.6 Å². The number of hydrogen-bond acceptors (Lipinski definition) is 5. The molecule has 0 rings (SSSR count). The van der Waals surface area contributed by atoms with Crippen LogP contribution in [-0.4, -0.2) is 36.9 Å². The van der Waals surface area contributed by atoms with Crippen molar-refractivity contribution in [3.63, 3.8) is 0 Å². The molecule has 0 aliphatic heterocycles. The van der Waals surface area contributed by atoms with Crippen LogP contribution in [0, 0.1) is 0 Å². The van der Waals surface area contributed by atoms with Crippen molar-refractivity contribution in [2.45, 2.75) is 13.8 Å². The molecule has 0 aromatic heterocycles.